The molecular weight excluding hydrogens is 1020 g/mol. The normalized spacial score (nSPS) is 19.8. The number of halogens is 4. The fourth-order valence-corrected chi connectivity index (χ4v) is 10.6. The Kier molecular flexibility index (Phi) is 17.5. The quantitative estimate of drug-likeness (QED) is 0.0843. The number of nitrogens with zero attached hydrogens (tertiary/aromatic N) is 9. The average molecular weight is 1090 g/mol. The molecule has 5 N–H and O–H groups in total. The molecule has 2 saturated carbocycles. The summed E-state index contributed by atoms with van der Waals surface area (Å²) in [6, 6.07) is 10.4. The lowest BCUT2D eigenvalue weighted by atomic mass is 9.94. The van der Waals surface area contributed by atoms with Crippen LogP contribution in [0.5, 0.6) is 11.5 Å². The van der Waals surface area contributed by atoms with Gasteiger partial charge < -0.3 is 55.7 Å². The van der Waals surface area contributed by atoms with Crippen molar-refractivity contribution in [2.45, 2.75) is 128 Å². The Bertz CT molecular complexity index is 2820. The number of carbonyl (C=O) groups excluding carboxylic acids is 4. The van der Waals surface area contributed by atoms with Crippen LogP contribution in [0.3, 0.4) is 0 Å². The van der Waals surface area contributed by atoms with E-state index in [2.05, 4.69) is 65.3 Å². The molecule has 78 heavy (non-hydrogen) atoms. The Hall–Kier alpha value is -7.08. The maximum Gasteiger partial charge on any atom is 0.342 e. The highest BCUT2D eigenvalue weighted by molar-refractivity contribution is 6.03. The summed E-state index contributed by atoms with van der Waals surface area (Å²) in [6.07, 6.45) is 11.7. The molecule has 2 saturated heterocycles. The molecule has 4 fully saturated rings. The minimum absolute atomic E-state index is 0. The number of alkyl halides is 4. The molecule has 4 aromatic rings. The number of anilines is 8. The van der Waals surface area contributed by atoms with Gasteiger partial charge in [-0.25, -0.2) is 9.97 Å². The van der Waals surface area contributed by atoms with Gasteiger partial charge >= 0.3 is 11.8 Å². The number of amides is 4. The lowest BCUT2D eigenvalue weighted by Gasteiger charge is -2.42. The maximum atomic E-state index is 14.9. The van der Waals surface area contributed by atoms with E-state index in [1.165, 1.54) is 40.7 Å². The number of rotatable bonds is 13. The van der Waals surface area contributed by atoms with Gasteiger partial charge in [0.25, 0.3) is 23.6 Å². The number of nitrogens with one attached hydrogen (secondary N) is 5. The van der Waals surface area contributed by atoms with Crippen LogP contribution < -0.4 is 55.7 Å². The second-order valence-corrected chi connectivity index (χ2v) is 20.9. The van der Waals surface area contributed by atoms with Crippen molar-refractivity contribution in [3.8, 4) is 11.5 Å². The number of likely N-dealkylation sites (tertiary alicyclic amines) is 1. The van der Waals surface area contributed by atoms with E-state index in [0.29, 0.717) is 51.7 Å². The minimum Gasteiger partial charge on any atom is -0.495 e. The van der Waals surface area contributed by atoms with E-state index >= 15 is 0 Å². The molecule has 20 nitrogen and oxygen atoms in total. The van der Waals surface area contributed by atoms with Crippen molar-refractivity contribution in [1.82, 2.24) is 40.8 Å². The van der Waals surface area contributed by atoms with Gasteiger partial charge in [-0.2, -0.15) is 27.5 Å². The third-order valence-electron chi connectivity index (χ3n) is 15.3. The molecule has 0 spiro atoms. The van der Waals surface area contributed by atoms with Gasteiger partial charge in [-0.3, -0.25) is 24.1 Å². The number of hydrogen-bond donors (Lipinski definition) is 5. The molecule has 24 heteroatoms. The summed E-state index contributed by atoms with van der Waals surface area (Å²) in [4.78, 5) is 75.6. The third-order valence-corrected chi connectivity index (χ3v) is 15.3. The zero-order chi connectivity index (χ0) is 54.8. The molecule has 0 bridgehead atoms. The van der Waals surface area contributed by atoms with Crippen molar-refractivity contribution < 1.29 is 46.2 Å². The molecule has 4 aliphatic heterocycles. The van der Waals surface area contributed by atoms with Crippen LogP contribution in [-0.4, -0.2) is 158 Å². The monoisotopic (exact) mass is 1090 g/mol. The number of benzene rings is 2. The second kappa shape index (κ2) is 23.9. The van der Waals surface area contributed by atoms with E-state index < -0.39 is 36.7 Å². The van der Waals surface area contributed by atoms with Gasteiger partial charge in [0.05, 0.1) is 63.2 Å². The van der Waals surface area contributed by atoms with Gasteiger partial charge in [0.2, 0.25) is 11.9 Å². The topological polar surface area (TPSA) is 215 Å². The lowest BCUT2D eigenvalue weighted by molar-refractivity contribution is -0.141. The third kappa shape index (κ3) is 12.3. The molecule has 6 heterocycles. The molecular formula is C54H72F4N14O6. The van der Waals surface area contributed by atoms with Crippen molar-refractivity contribution in [3.05, 3.63) is 59.9 Å². The average Bonchev–Trinajstić information content (AvgIpc) is 3.53. The van der Waals surface area contributed by atoms with Crippen molar-refractivity contribution in [2.24, 2.45) is 0 Å². The van der Waals surface area contributed by atoms with Gasteiger partial charge in [0.1, 0.15) is 22.9 Å². The number of fused-ring (bicyclic) bond motifs is 2. The molecule has 10 rings (SSSR count). The highest BCUT2D eigenvalue weighted by Gasteiger charge is 2.50. The minimum atomic E-state index is -3.55. The van der Waals surface area contributed by atoms with E-state index in [1.807, 2.05) is 0 Å². The van der Waals surface area contributed by atoms with Crippen LogP contribution in [0.4, 0.5) is 63.8 Å². The van der Waals surface area contributed by atoms with E-state index in [9.17, 15) is 36.7 Å². The van der Waals surface area contributed by atoms with E-state index in [1.54, 1.807) is 46.2 Å². The van der Waals surface area contributed by atoms with Crippen LogP contribution in [0.1, 0.15) is 106 Å². The Labute approximate surface area is 452 Å². The molecule has 2 aromatic heterocycles. The first-order chi connectivity index (χ1) is 36.8. The second-order valence-electron chi connectivity index (χ2n) is 20.9. The predicted octanol–water partition coefficient (Wildman–Crippen LogP) is 7.12. The van der Waals surface area contributed by atoms with Crippen LogP contribution in [0.2, 0.25) is 0 Å². The van der Waals surface area contributed by atoms with Gasteiger partial charge in [-0.1, -0.05) is 46.0 Å². The highest BCUT2D eigenvalue weighted by atomic mass is 19.3. The SMILES string of the molecule is C.COc1cc(C(=O)NC2CN(C(C)C)C2)ccc1Nc1ncc2c(n1)N(C1CCCCC1)CC(F)(F)C(=O)N2C.COc1cc(C(=O)NC2CNC2)ccc1Nc1ncc2c(n1)N(C1CCCCC1)CC(F)(F)C(=O)N2C. The molecule has 2 aromatic carbocycles. The number of hydrogen-bond acceptors (Lipinski definition) is 16. The first-order valence-electron chi connectivity index (χ1n) is 26.4. The van der Waals surface area contributed by atoms with Crippen LogP contribution in [0.15, 0.2) is 48.8 Å². The summed E-state index contributed by atoms with van der Waals surface area (Å²) in [5.41, 5.74) is 2.41. The standard InChI is InChI=1S/C28H37F2N7O3.C25H31F2N7O3.CH4/c1-17(2)36-14-19(15-36)32-25(38)18-10-11-21(23(12-18)40-4)33-27-31-13-22-24(34-27)37(20-8-6-5-7-9-20)16-28(29,30)26(39)35(22)3;1-33-19-13-29-24(31-18-9-8-15(10-20(18)37-2)22(35)30-16-11-28-12-16)32-21(19)34(14-25(26,27)23(33)36)17-6-4-3-5-7-17;/h10-13,17,19-20H,5-9,14-16H2,1-4H3,(H,32,38)(H,31,33,34);8-10,13,16-17,28H,3-7,11-12,14H2,1-2H3,(H,30,35)(H,29,31,32);1H4. The Morgan fingerprint density at radius 2 is 1.06 bits per heavy atom. The van der Waals surface area contributed by atoms with Crippen LogP contribution in [-0.2, 0) is 9.59 Å². The molecule has 6 aliphatic rings. The Balaban J connectivity index is 0.000000204. The van der Waals surface area contributed by atoms with Gasteiger partial charge in [-0.15, -0.1) is 0 Å². The van der Waals surface area contributed by atoms with Gasteiger partial charge in [0.15, 0.2) is 11.6 Å². The van der Waals surface area contributed by atoms with Crippen molar-refractivity contribution in [2.75, 3.05) is 97.8 Å². The van der Waals surface area contributed by atoms with Crippen LogP contribution in [0, 0.1) is 0 Å². The molecule has 2 aliphatic carbocycles. The largest absolute Gasteiger partial charge is 0.495 e. The van der Waals surface area contributed by atoms with Crippen molar-refractivity contribution in [1.29, 1.82) is 0 Å². The van der Waals surface area contributed by atoms with Crippen LogP contribution >= 0.6 is 0 Å². The predicted molar refractivity (Wildman–Crippen MR) is 291 cm³/mol. The van der Waals surface area contributed by atoms with E-state index in [-0.39, 0.29) is 66.7 Å². The fourth-order valence-electron chi connectivity index (χ4n) is 10.6. The Morgan fingerprint density at radius 1 is 0.654 bits per heavy atom. The smallest absolute Gasteiger partial charge is 0.342 e. The first-order valence-corrected chi connectivity index (χ1v) is 26.4. The summed E-state index contributed by atoms with van der Waals surface area (Å²) in [5, 5.41) is 15.3. The Morgan fingerprint density at radius 3 is 1.44 bits per heavy atom. The van der Waals surface area contributed by atoms with Crippen LogP contribution in [0.25, 0.3) is 0 Å². The fraction of sp³-hybridized carbons (Fsp3) is 0.556. The first kappa shape index (κ1) is 57.1. The number of ether oxygens (including phenoxy) is 2. The zero-order valence-corrected chi connectivity index (χ0v) is 44.3. The number of carbonyl (C=O) groups is 4. The molecule has 0 radical (unpaired) electrons. The molecule has 422 valence electrons. The highest BCUT2D eigenvalue weighted by Crippen LogP contribution is 2.42. The lowest BCUT2D eigenvalue weighted by Crippen LogP contribution is -2.61. The molecule has 4 amide bonds. The van der Waals surface area contributed by atoms with Gasteiger partial charge in [-0.05, 0) is 75.9 Å². The van der Waals surface area contributed by atoms with Crippen molar-refractivity contribution >= 4 is 69.9 Å². The zero-order valence-electron chi connectivity index (χ0n) is 44.3. The summed E-state index contributed by atoms with van der Waals surface area (Å²) in [6.45, 7) is 5.92. The van der Waals surface area contributed by atoms with Gasteiger partial charge in [0, 0.05) is 69.5 Å². The molecule has 0 unspecified atom stereocenters. The summed E-state index contributed by atoms with van der Waals surface area (Å²) in [5.74, 6) is -8.29. The van der Waals surface area contributed by atoms with Crippen molar-refractivity contribution in [3.63, 3.8) is 0 Å². The van der Waals surface area contributed by atoms with E-state index in [4.69, 9.17) is 9.47 Å². The summed E-state index contributed by atoms with van der Waals surface area (Å²) in [7, 11) is 5.64. The number of aromatic nitrogens is 4. The summed E-state index contributed by atoms with van der Waals surface area (Å²) >= 11 is 0. The van der Waals surface area contributed by atoms with E-state index in [0.717, 1.165) is 100 Å². The maximum absolute atomic E-state index is 14.9. The molecule has 0 atom stereocenters. The number of methoxy groups -OCH3 is 2. The summed E-state index contributed by atoms with van der Waals surface area (Å²) < 4.78 is 70.7.